The van der Waals surface area contributed by atoms with Gasteiger partial charge < -0.3 is 10.4 Å². The van der Waals surface area contributed by atoms with Gasteiger partial charge in [-0.25, -0.2) is 0 Å². The van der Waals surface area contributed by atoms with Crippen LogP contribution in [0.3, 0.4) is 0 Å². The monoisotopic (exact) mass is 235 g/mol. The van der Waals surface area contributed by atoms with Crippen molar-refractivity contribution in [3.05, 3.63) is 35.4 Å². The summed E-state index contributed by atoms with van der Waals surface area (Å²) in [6.45, 7) is 10.2. The Hall–Kier alpha value is -0.860. The molecular formula is C15H25NO. The molecule has 0 radical (unpaired) electrons. The van der Waals surface area contributed by atoms with E-state index in [0.717, 1.165) is 30.6 Å². The summed E-state index contributed by atoms with van der Waals surface area (Å²) in [5.74, 6) is 0.651. The van der Waals surface area contributed by atoms with Crippen LogP contribution in [0.4, 0.5) is 0 Å². The Bertz CT molecular complexity index is 345. The van der Waals surface area contributed by atoms with Crippen LogP contribution in [0.2, 0.25) is 0 Å². The van der Waals surface area contributed by atoms with E-state index in [0.29, 0.717) is 5.92 Å². The van der Waals surface area contributed by atoms with Crippen molar-refractivity contribution in [2.24, 2.45) is 5.92 Å². The zero-order valence-electron chi connectivity index (χ0n) is 11.5. The van der Waals surface area contributed by atoms with Crippen molar-refractivity contribution < 1.29 is 5.11 Å². The zero-order valence-corrected chi connectivity index (χ0v) is 11.5. The Kier molecular flexibility index (Phi) is 5.16. The molecule has 1 atom stereocenters. The summed E-state index contributed by atoms with van der Waals surface area (Å²) < 4.78 is 0. The van der Waals surface area contributed by atoms with Crippen molar-refractivity contribution in [2.45, 2.75) is 39.7 Å². The number of nitrogens with one attached hydrogen (secondary N) is 1. The Morgan fingerprint density at radius 3 is 2.53 bits per heavy atom. The SMILES string of the molecule is Cc1ccccc1C(C)(O)CCNCC(C)C. The van der Waals surface area contributed by atoms with E-state index in [4.69, 9.17) is 0 Å². The van der Waals surface area contributed by atoms with E-state index < -0.39 is 5.60 Å². The van der Waals surface area contributed by atoms with E-state index in [1.54, 1.807) is 0 Å². The molecule has 0 fully saturated rings. The van der Waals surface area contributed by atoms with Crippen molar-refractivity contribution in [1.29, 1.82) is 0 Å². The van der Waals surface area contributed by atoms with E-state index in [1.807, 2.05) is 38.1 Å². The fourth-order valence-corrected chi connectivity index (χ4v) is 2.03. The van der Waals surface area contributed by atoms with Gasteiger partial charge >= 0.3 is 0 Å². The van der Waals surface area contributed by atoms with Gasteiger partial charge in [-0.1, -0.05) is 38.1 Å². The van der Waals surface area contributed by atoms with Crippen molar-refractivity contribution in [3.63, 3.8) is 0 Å². The van der Waals surface area contributed by atoms with Crippen LogP contribution in [0.1, 0.15) is 38.3 Å². The molecule has 96 valence electrons. The highest BCUT2D eigenvalue weighted by Crippen LogP contribution is 2.26. The third kappa shape index (κ3) is 4.49. The third-order valence-corrected chi connectivity index (χ3v) is 3.07. The predicted octanol–water partition coefficient (Wildman–Crippen LogP) is 2.84. The van der Waals surface area contributed by atoms with Crippen LogP contribution in [0, 0.1) is 12.8 Å². The molecule has 17 heavy (non-hydrogen) atoms. The van der Waals surface area contributed by atoms with Gasteiger partial charge in [-0.15, -0.1) is 0 Å². The molecule has 0 spiro atoms. The number of hydrogen-bond acceptors (Lipinski definition) is 2. The summed E-state index contributed by atoms with van der Waals surface area (Å²) in [6.07, 6.45) is 0.741. The average molecular weight is 235 g/mol. The Morgan fingerprint density at radius 1 is 1.29 bits per heavy atom. The van der Waals surface area contributed by atoms with Gasteiger partial charge in [0.1, 0.15) is 0 Å². The highest BCUT2D eigenvalue weighted by Gasteiger charge is 2.23. The van der Waals surface area contributed by atoms with Crippen LogP contribution in [-0.4, -0.2) is 18.2 Å². The topological polar surface area (TPSA) is 32.3 Å². The number of aryl methyl sites for hydroxylation is 1. The third-order valence-electron chi connectivity index (χ3n) is 3.07. The quantitative estimate of drug-likeness (QED) is 0.743. The van der Waals surface area contributed by atoms with Crippen molar-refractivity contribution >= 4 is 0 Å². The summed E-state index contributed by atoms with van der Waals surface area (Å²) >= 11 is 0. The Balaban J connectivity index is 2.54. The fourth-order valence-electron chi connectivity index (χ4n) is 2.03. The van der Waals surface area contributed by atoms with Crippen LogP contribution < -0.4 is 5.32 Å². The maximum atomic E-state index is 10.5. The van der Waals surface area contributed by atoms with Crippen molar-refractivity contribution in [3.8, 4) is 0 Å². The zero-order chi connectivity index (χ0) is 12.9. The first kappa shape index (κ1) is 14.2. The average Bonchev–Trinajstić information content (AvgIpc) is 2.24. The minimum atomic E-state index is -0.741. The van der Waals surface area contributed by atoms with Gasteiger partial charge in [0.2, 0.25) is 0 Å². The van der Waals surface area contributed by atoms with Crippen LogP contribution in [0.15, 0.2) is 24.3 Å². The molecule has 2 N–H and O–H groups in total. The molecule has 0 aromatic heterocycles. The van der Waals surface area contributed by atoms with E-state index in [-0.39, 0.29) is 0 Å². The predicted molar refractivity (Wildman–Crippen MR) is 73.1 cm³/mol. The molecule has 0 heterocycles. The van der Waals surface area contributed by atoms with Gasteiger partial charge in [-0.2, -0.15) is 0 Å². The molecule has 0 saturated heterocycles. The van der Waals surface area contributed by atoms with Gasteiger partial charge in [-0.05, 0) is 50.4 Å². The second-order valence-corrected chi connectivity index (χ2v) is 5.44. The Labute approximate surface area is 105 Å². The molecule has 0 aliphatic carbocycles. The van der Waals surface area contributed by atoms with Crippen LogP contribution in [-0.2, 0) is 5.60 Å². The van der Waals surface area contributed by atoms with Crippen molar-refractivity contribution in [2.75, 3.05) is 13.1 Å². The van der Waals surface area contributed by atoms with E-state index in [1.165, 1.54) is 0 Å². The molecule has 1 aromatic carbocycles. The number of rotatable bonds is 6. The maximum absolute atomic E-state index is 10.5. The van der Waals surface area contributed by atoms with E-state index >= 15 is 0 Å². The molecule has 0 saturated carbocycles. The molecule has 0 aliphatic rings. The van der Waals surface area contributed by atoms with Gasteiger partial charge in [0.05, 0.1) is 5.60 Å². The summed E-state index contributed by atoms with van der Waals surface area (Å²) in [6, 6.07) is 8.05. The van der Waals surface area contributed by atoms with Gasteiger partial charge in [0.25, 0.3) is 0 Å². The molecule has 0 bridgehead atoms. The maximum Gasteiger partial charge on any atom is 0.0883 e. The second-order valence-electron chi connectivity index (χ2n) is 5.44. The number of aliphatic hydroxyl groups is 1. The van der Waals surface area contributed by atoms with Gasteiger partial charge in [0, 0.05) is 0 Å². The molecule has 1 aromatic rings. The van der Waals surface area contributed by atoms with Gasteiger partial charge in [0.15, 0.2) is 0 Å². The highest BCUT2D eigenvalue weighted by molar-refractivity contribution is 5.30. The molecule has 1 rings (SSSR count). The lowest BCUT2D eigenvalue weighted by molar-refractivity contribution is 0.0472. The number of benzene rings is 1. The summed E-state index contributed by atoms with van der Waals surface area (Å²) in [5.41, 5.74) is 1.45. The fraction of sp³-hybridized carbons (Fsp3) is 0.600. The first-order valence-corrected chi connectivity index (χ1v) is 6.42. The standard InChI is InChI=1S/C15H25NO/c1-12(2)11-16-10-9-15(4,17)14-8-6-5-7-13(14)3/h5-8,12,16-17H,9-11H2,1-4H3. The second kappa shape index (κ2) is 6.18. The highest BCUT2D eigenvalue weighted by atomic mass is 16.3. The molecule has 1 unspecified atom stereocenters. The first-order valence-electron chi connectivity index (χ1n) is 6.42. The Morgan fingerprint density at radius 2 is 1.94 bits per heavy atom. The summed E-state index contributed by atoms with van der Waals surface area (Å²) in [5, 5.41) is 13.9. The normalized spacial score (nSPS) is 14.9. The van der Waals surface area contributed by atoms with E-state index in [9.17, 15) is 5.11 Å². The van der Waals surface area contributed by atoms with Gasteiger partial charge in [-0.3, -0.25) is 0 Å². The summed E-state index contributed by atoms with van der Waals surface area (Å²) in [7, 11) is 0. The molecular weight excluding hydrogens is 210 g/mol. The molecule has 2 nitrogen and oxygen atoms in total. The lowest BCUT2D eigenvalue weighted by atomic mass is 9.89. The van der Waals surface area contributed by atoms with Crippen molar-refractivity contribution in [1.82, 2.24) is 5.32 Å². The molecule has 2 heteroatoms. The minimum absolute atomic E-state index is 0.651. The largest absolute Gasteiger partial charge is 0.385 e. The lowest BCUT2D eigenvalue weighted by Crippen LogP contribution is -2.30. The lowest BCUT2D eigenvalue weighted by Gasteiger charge is -2.26. The van der Waals surface area contributed by atoms with E-state index in [2.05, 4.69) is 19.2 Å². The minimum Gasteiger partial charge on any atom is -0.385 e. The molecule has 0 aliphatic heterocycles. The van der Waals surface area contributed by atoms with Crippen LogP contribution in [0.25, 0.3) is 0 Å². The number of hydrogen-bond donors (Lipinski definition) is 2. The summed E-state index contributed by atoms with van der Waals surface area (Å²) in [4.78, 5) is 0. The molecule has 0 amide bonds. The smallest absolute Gasteiger partial charge is 0.0883 e. The van der Waals surface area contributed by atoms with Crippen LogP contribution in [0.5, 0.6) is 0 Å². The first-order chi connectivity index (χ1) is 7.93. The van der Waals surface area contributed by atoms with Crippen LogP contribution >= 0.6 is 0 Å².